The highest BCUT2D eigenvalue weighted by molar-refractivity contribution is 6.68. The number of imide groups is 1. The van der Waals surface area contributed by atoms with E-state index in [1.165, 1.54) is 6.34 Å². The summed E-state index contributed by atoms with van der Waals surface area (Å²) < 4.78 is 0. The van der Waals surface area contributed by atoms with E-state index in [1.807, 2.05) is 5.32 Å². The summed E-state index contributed by atoms with van der Waals surface area (Å²) in [5.41, 5.74) is 0.157. The minimum Gasteiger partial charge on any atom is -0.265 e. The van der Waals surface area contributed by atoms with Crippen molar-refractivity contribution in [1.82, 2.24) is 5.32 Å². The molecule has 6 heteroatoms. The van der Waals surface area contributed by atoms with Gasteiger partial charge in [-0.3, -0.25) is 10.1 Å². The molecule has 2 aliphatic rings. The summed E-state index contributed by atoms with van der Waals surface area (Å²) in [7, 11) is 0. The average Bonchev–Trinajstić information content (AvgIpc) is 2.34. The molecule has 0 radical (unpaired) electrons. The Morgan fingerprint density at radius 3 is 3.09 bits per heavy atom. The molecule has 0 aliphatic carbocycles. The Bertz CT molecular complexity index is 338. The van der Waals surface area contributed by atoms with Crippen LogP contribution in [0.3, 0.4) is 0 Å². The lowest BCUT2D eigenvalue weighted by atomic mass is 10.3. The molecule has 2 rings (SSSR count). The van der Waals surface area contributed by atoms with E-state index < -0.39 is 11.9 Å². The number of carbonyl (C=O) groups excluding carboxylic acids is 2. The van der Waals surface area contributed by atoms with Crippen LogP contribution in [-0.2, 0) is 4.79 Å². The summed E-state index contributed by atoms with van der Waals surface area (Å²) in [6.07, 6.45) is 1.31. The number of amides is 3. The molecule has 0 spiro atoms. The molecule has 0 atom stereocenters. The van der Waals surface area contributed by atoms with Crippen LogP contribution in [0.2, 0.25) is 0 Å². The largest absolute Gasteiger partial charge is 0.421 e. The highest BCUT2D eigenvalue weighted by Gasteiger charge is 2.35. The Balaban J connectivity index is 2.53. The van der Waals surface area contributed by atoms with Crippen LogP contribution in [0.5, 0.6) is 0 Å². The number of hydrogen-bond donors (Lipinski definition) is 2. The molecule has 0 aromatic rings. The van der Waals surface area contributed by atoms with Crippen LogP contribution in [0.4, 0.5) is 4.79 Å². The van der Waals surface area contributed by atoms with Gasteiger partial charge in [-0.05, 0) is 4.99 Å². The number of amidine groups is 1. The number of urea groups is 1. The lowest BCUT2D eigenvalue weighted by Crippen LogP contribution is -2.75. The number of fused-ring (bicyclic) bond motifs is 1. The third kappa shape index (κ3) is 0.759. The molecular formula is C5H3N4O2+. The van der Waals surface area contributed by atoms with Crippen LogP contribution < -0.4 is 10.3 Å². The first-order valence-electron chi connectivity index (χ1n) is 2.88. The Kier molecular flexibility index (Phi) is 0.974. The van der Waals surface area contributed by atoms with E-state index in [4.69, 9.17) is 0 Å². The summed E-state index contributed by atoms with van der Waals surface area (Å²) in [5.74, 6) is -0.292. The summed E-state index contributed by atoms with van der Waals surface area (Å²) in [4.78, 5) is 31.2. The molecule has 54 valence electrons. The number of nitrogens with one attached hydrogen (secondary N) is 2. The van der Waals surface area contributed by atoms with E-state index in [1.54, 1.807) is 0 Å². The predicted molar refractivity (Wildman–Crippen MR) is 35.4 cm³/mol. The minimum atomic E-state index is -0.660. The van der Waals surface area contributed by atoms with Crippen LogP contribution in [0.25, 0.3) is 0 Å². The fraction of sp³-hybridized carbons (Fsp3) is 0. The van der Waals surface area contributed by atoms with Gasteiger partial charge in [0.1, 0.15) is 0 Å². The monoisotopic (exact) mass is 151 g/mol. The highest BCUT2D eigenvalue weighted by Crippen LogP contribution is 1.90. The van der Waals surface area contributed by atoms with Gasteiger partial charge in [0.2, 0.25) is 6.34 Å². The molecule has 0 fully saturated rings. The van der Waals surface area contributed by atoms with E-state index in [-0.39, 0.29) is 11.5 Å². The minimum absolute atomic E-state index is 0.157. The van der Waals surface area contributed by atoms with Crippen molar-refractivity contribution in [1.29, 1.82) is 0 Å². The van der Waals surface area contributed by atoms with E-state index in [9.17, 15) is 9.59 Å². The maximum Gasteiger partial charge on any atom is 0.421 e. The number of carbonyl (C=O) groups is 2. The summed E-state index contributed by atoms with van der Waals surface area (Å²) in [6.45, 7) is 0. The maximum atomic E-state index is 10.9. The van der Waals surface area contributed by atoms with Crippen LogP contribution in [0.1, 0.15) is 0 Å². The molecule has 0 saturated heterocycles. The van der Waals surface area contributed by atoms with Crippen LogP contribution in [-0.4, -0.2) is 29.8 Å². The standard InChI is InChI=1S/C5H2N4O2/c10-4-2-3(7-1-6-2)8-5(11)9-4/h1H,(H,9,10,11)/p+1. The fourth-order valence-corrected chi connectivity index (χ4v) is 0.825. The van der Waals surface area contributed by atoms with Crippen LogP contribution in [0, 0.1) is 0 Å². The maximum absolute atomic E-state index is 10.9. The molecule has 0 bridgehead atoms. The number of rotatable bonds is 0. The van der Waals surface area contributed by atoms with Gasteiger partial charge in [-0.1, -0.05) is 4.99 Å². The lowest BCUT2D eigenvalue weighted by molar-refractivity contribution is -0.302. The van der Waals surface area contributed by atoms with Gasteiger partial charge in [0, 0.05) is 0 Å². The van der Waals surface area contributed by atoms with Gasteiger partial charge in [0.05, 0.1) is 0 Å². The molecular weight excluding hydrogens is 148 g/mol. The predicted octanol–water partition coefficient (Wildman–Crippen LogP) is -2.80. The zero-order chi connectivity index (χ0) is 7.84. The number of hydrogen-bond acceptors (Lipinski definition) is 3. The third-order valence-electron chi connectivity index (χ3n) is 1.27. The second-order valence-electron chi connectivity index (χ2n) is 1.97. The van der Waals surface area contributed by atoms with Crippen molar-refractivity contribution in [3.05, 3.63) is 0 Å². The topological polar surface area (TPSA) is 84.9 Å². The van der Waals surface area contributed by atoms with Gasteiger partial charge < -0.3 is 0 Å². The first-order valence-corrected chi connectivity index (χ1v) is 2.88. The van der Waals surface area contributed by atoms with Crippen molar-refractivity contribution in [2.24, 2.45) is 9.98 Å². The second-order valence-corrected chi connectivity index (χ2v) is 1.97. The molecule has 0 aromatic heterocycles. The van der Waals surface area contributed by atoms with Crippen LogP contribution >= 0.6 is 0 Å². The molecule has 2 N–H and O–H groups in total. The quantitative estimate of drug-likeness (QED) is 0.392. The van der Waals surface area contributed by atoms with Crippen molar-refractivity contribution in [3.63, 3.8) is 0 Å². The Morgan fingerprint density at radius 2 is 2.27 bits per heavy atom. The summed E-state index contributed by atoms with van der Waals surface area (Å²) in [6, 6.07) is -0.660. The van der Waals surface area contributed by atoms with E-state index in [0.717, 1.165) is 0 Å². The number of aliphatic imine (C=N–C) groups is 2. The van der Waals surface area contributed by atoms with Crippen molar-refractivity contribution < 1.29 is 14.6 Å². The van der Waals surface area contributed by atoms with Crippen molar-refractivity contribution in [2.45, 2.75) is 0 Å². The first-order chi connectivity index (χ1) is 5.27. The number of nitrogens with zero attached hydrogens (tertiary/aromatic N) is 2. The van der Waals surface area contributed by atoms with E-state index in [2.05, 4.69) is 15.0 Å². The fourth-order valence-electron chi connectivity index (χ4n) is 0.825. The normalized spacial score (nSPS) is 20.7. The summed E-state index contributed by atoms with van der Waals surface area (Å²) in [5, 5.41) is 1.99. The van der Waals surface area contributed by atoms with E-state index >= 15 is 0 Å². The molecule has 11 heavy (non-hydrogen) atoms. The summed E-state index contributed by atoms with van der Waals surface area (Å²) >= 11 is 0. The van der Waals surface area contributed by atoms with E-state index in [0.29, 0.717) is 0 Å². The van der Waals surface area contributed by atoms with Crippen molar-refractivity contribution >= 4 is 29.8 Å². The van der Waals surface area contributed by atoms with Gasteiger partial charge in [-0.15, -0.1) is 0 Å². The van der Waals surface area contributed by atoms with Gasteiger partial charge >= 0.3 is 17.8 Å². The zero-order valence-corrected chi connectivity index (χ0v) is 5.29. The first kappa shape index (κ1) is 5.90. The van der Waals surface area contributed by atoms with Gasteiger partial charge in [-0.25, -0.2) is 9.79 Å². The Morgan fingerprint density at radius 1 is 1.45 bits per heavy atom. The molecule has 0 aromatic carbocycles. The molecule has 0 unspecified atom stereocenters. The van der Waals surface area contributed by atoms with Crippen molar-refractivity contribution in [2.75, 3.05) is 0 Å². The van der Waals surface area contributed by atoms with Crippen molar-refractivity contribution in [3.8, 4) is 0 Å². The molecule has 0 saturated carbocycles. The average molecular weight is 151 g/mol. The van der Waals surface area contributed by atoms with Crippen LogP contribution in [0.15, 0.2) is 9.98 Å². The smallest absolute Gasteiger partial charge is 0.265 e. The Labute approximate surface area is 60.7 Å². The molecule has 2 heterocycles. The molecule has 2 aliphatic heterocycles. The SMILES string of the molecule is O=C1N=C2[NH+]=CN=C2C(=O)N1. The Hall–Kier alpha value is -1.85. The zero-order valence-electron chi connectivity index (χ0n) is 5.29. The van der Waals surface area contributed by atoms with Gasteiger partial charge in [0.25, 0.3) is 5.71 Å². The molecule has 6 nitrogen and oxygen atoms in total. The van der Waals surface area contributed by atoms with Gasteiger partial charge in [0.15, 0.2) is 0 Å². The highest BCUT2D eigenvalue weighted by atomic mass is 16.2. The second kappa shape index (κ2) is 1.82. The molecule has 3 amide bonds. The lowest BCUT2D eigenvalue weighted by Gasteiger charge is -1.98. The third-order valence-corrected chi connectivity index (χ3v) is 1.27. The van der Waals surface area contributed by atoms with Gasteiger partial charge in [-0.2, -0.15) is 0 Å².